The molecule has 2 aliphatic heterocycles. The number of fused-ring (bicyclic) bond motifs is 2. The lowest BCUT2D eigenvalue weighted by molar-refractivity contribution is -0.301. The van der Waals surface area contributed by atoms with E-state index < -0.39 is 11.1 Å². The second-order valence-electron chi connectivity index (χ2n) is 14.8. The van der Waals surface area contributed by atoms with Gasteiger partial charge in [-0.05, 0) is 121 Å². The van der Waals surface area contributed by atoms with Gasteiger partial charge in [0.2, 0.25) is 0 Å². The van der Waals surface area contributed by atoms with Crippen molar-refractivity contribution in [2.45, 2.75) is 70.6 Å². The van der Waals surface area contributed by atoms with Crippen molar-refractivity contribution in [3.05, 3.63) is 60.7 Å². The number of H-pyrrole nitrogens is 2. The van der Waals surface area contributed by atoms with Crippen LogP contribution >= 0.6 is 0 Å². The number of piperidine rings is 1. The Labute approximate surface area is 283 Å². The highest BCUT2D eigenvalue weighted by atomic mass is 16.5. The topological polar surface area (TPSA) is 105 Å². The largest absolute Gasteiger partial charge is 0.494 e. The maximum atomic E-state index is 12.6. The van der Waals surface area contributed by atoms with Crippen LogP contribution in [-0.4, -0.2) is 93.5 Å². The fourth-order valence-corrected chi connectivity index (χ4v) is 7.33. The number of hydrogen-bond acceptors (Lipinski definition) is 7. The molecule has 3 aromatic carbocycles. The van der Waals surface area contributed by atoms with Gasteiger partial charge in [0.05, 0.1) is 34.8 Å². The minimum absolute atomic E-state index is 0.115. The van der Waals surface area contributed by atoms with E-state index in [1.54, 1.807) is 0 Å². The van der Waals surface area contributed by atoms with Gasteiger partial charge in [-0.1, -0.05) is 0 Å². The van der Waals surface area contributed by atoms with E-state index in [2.05, 4.69) is 57.1 Å². The van der Waals surface area contributed by atoms with E-state index in [0.29, 0.717) is 13.2 Å². The molecule has 2 fully saturated rings. The summed E-state index contributed by atoms with van der Waals surface area (Å²) in [6.07, 6.45) is 3.46. The zero-order valence-electron chi connectivity index (χ0n) is 28.9. The summed E-state index contributed by atoms with van der Waals surface area (Å²) < 4.78 is 12.2. The standard InChI is InChI=1S/C38H48N7O3/c1-37(2)24-30(25-38(3,4)45(37)46)48-21-7-6-20-47-29-12-8-26(9-13-29)35-39-31-14-10-27(22-33(31)41-35)36-40-32-15-11-28(23-34(32)42-36)44-18-16-43(5)17-19-44/h8-15,22-23,30H,6-7,16-21,24-25H2,1-5H3,(H,39,41)(H,40,42). The molecule has 0 saturated carbocycles. The number of hydroxylamine groups is 2. The predicted molar refractivity (Wildman–Crippen MR) is 191 cm³/mol. The first-order valence-electron chi connectivity index (χ1n) is 17.3. The Morgan fingerprint density at radius 1 is 0.750 bits per heavy atom. The molecule has 2 N–H and O–H groups in total. The lowest BCUT2D eigenvalue weighted by Crippen LogP contribution is -2.59. The zero-order valence-corrected chi connectivity index (χ0v) is 28.9. The van der Waals surface area contributed by atoms with Gasteiger partial charge in [-0.25, -0.2) is 9.97 Å². The number of unbranched alkanes of at least 4 members (excludes halogenated alkanes) is 1. The fourth-order valence-electron chi connectivity index (χ4n) is 7.33. The van der Waals surface area contributed by atoms with Gasteiger partial charge < -0.3 is 29.2 Å². The highest BCUT2D eigenvalue weighted by Crippen LogP contribution is 2.38. The summed E-state index contributed by atoms with van der Waals surface area (Å²) in [4.78, 5) is 21.6. The summed E-state index contributed by atoms with van der Waals surface area (Å²) >= 11 is 0. The van der Waals surface area contributed by atoms with Crippen LogP contribution in [0, 0.1) is 0 Å². The van der Waals surface area contributed by atoms with Gasteiger partial charge in [-0.15, -0.1) is 10.3 Å². The highest BCUT2D eigenvalue weighted by molar-refractivity contribution is 5.87. The number of ether oxygens (including phenoxy) is 2. The summed E-state index contributed by atoms with van der Waals surface area (Å²) in [6.45, 7) is 13.6. The van der Waals surface area contributed by atoms with Gasteiger partial charge in [0.25, 0.3) is 0 Å². The lowest BCUT2D eigenvalue weighted by Gasteiger charge is -2.49. The molecular weight excluding hydrogens is 602 g/mol. The van der Waals surface area contributed by atoms with E-state index in [9.17, 15) is 5.21 Å². The van der Waals surface area contributed by atoms with Crippen molar-refractivity contribution in [1.29, 1.82) is 0 Å². The molecule has 48 heavy (non-hydrogen) atoms. The van der Waals surface area contributed by atoms with Gasteiger partial charge in [0.1, 0.15) is 17.4 Å². The van der Waals surface area contributed by atoms with Crippen LogP contribution in [-0.2, 0) is 9.94 Å². The second kappa shape index (κ2) is 13.2. The normalized spacial score (nSPS) is 19.0. The number of anilines is 1. The van der Waals surface area contributed by atoms with Crippen molar-refractivity contribution in [1.82, 2.24) is 29.9 Å². The average molecular weight is 651 g/mol. The van der Waals surface area contributed by atoms with Crippen LogP contribution < -0.4 is 9.64 Å². The third kappa shape index (κ3) is 6.94. The van der Waals surface area contributed by atoms with Crippen LogP contribution in [0.25, 0.3) is 44.8 Å². The van der Waals surface area contributed by atoms with E-state index in [4.69, 9.17) is 19.4 Å². The molecule has 0 spiro atoms. The van der Waals surface area contributed by atoms with Crippen molar-refractivity contribution in [2.24, 2.45) is 0 Å². The van der Waals surface area contributed by atoms with Gasteiger partial charge in [0, 0.05) is 60.7 Å². The van der Waals surface area contributed by atoms with Crippen molar-refractivity contribution in [2.75, 3.05) is 51.3 Å². The number of aromatic amines is 2. The van der Waals surface area contributed by atoms with E-state index in [1.165, 1.54) is 10.8 Å². The van der Waals surface area contributed by atoms with Crippen molar-refractivity contribution >= 4 is 27.8 Å². The number of nitrogens with one attached hydrogen (secondary N) is 2. The van der Waals surface area contributed by atoms with E-state index >= 15 is 0 Å². The molecule has 0 atom stereocenters. The Morgan fingerprint density at radius 2 is 1.33 bits per heavy atom. The van der Waals surface area contributed by atoms with Gasteiger partial charge in [-0.2, -0.15) is 0 Å². The quantitative estimate of drug-likeness (QED) is 0.156. The summed E-state index contributed by atoms with van der Waals surface area (Å²) in [7, 11) is 2.18. The number of nitrogens with zero attached hydrogens (tertiary/aromatic N) is 5. The lowest BCUT2D eigenvalue weighted by atomic mass is 9.80. The van der Waals surface area contributed by atoms with Crippen LogP contribution in [0.15, 0.2) is 60.7 Å². The first kappa shape index (κ1) is 32.6. The molecule has 10 nitrogen and oxygen atoms in total. The van der Waals surface area contributed by atoms with Gasteiger partial charge >= 0.3 is 0 Å². The molecule has 10 heteroatoms. The molecule has 1 radical (unpaired) electrons. The first-order chi connectivity index (χ1) is 23.0. The van der Waals surface area contributed by atoms with Crippen molar-refractivity contribution in [3.8, 4) is 28.5 Å². The van der Waals surface area contributed by atoms with Crippen molar-refractivity contribution in [3.63, 3.8) is 0 Å². The average Bonchev–Trinajstić information content (AvgIpc) is 3.69. The zero-order chi connectivity index (χ0) is 33.5. The molecule has 2 aromatic heterocycles. The number of piperazine rings is 1. The second-order valence-corrected chi connectivity index (χ2v) is 14.8. The Balaban J connectivity index is 0.923. The van der Waals surface area contributed by atoms with Crippen molar-refractivity contribution < 1.29 is 14.7 Å². The minimum atomic E-state index is -0.405. The van der Waals surface area contributed by atoms with Gasteiger partial charge in [0.15, 0.2) is 0 Å². The predicted octanol–water partition coefficient (Wildman–Crippen LogP) is 7.07. The smallest absolute Gasteiger partial charge is 0.138 e. The Hall–Kier alpha value is -3.96. The highest BCUT2D eigenvalue weighted by Gasteiger charge is 2.46. The molecule has 0 aliphatic carbocycles. The molecular formula is C38H48N7O3. The maximum absolute atomic E-state index is 12.6. The molecule has 2 saturated heterocycles. The molecule has 0 unspecified atom stereocenters. The third-order valence-electron chi connectivity index (χ3n) is 9.93. The molecule has 5 aromatic rings. The summed E-state index contributed by atoms with van der Waals surface area (Å²) in [5.74, 6) is 2.51. The van der Waals surface area contributed by atoms with E-state index in [-0.39, 0.29) is 6.10 Å². The molecule has 0 amide bonds. The molecule has 0 bridgehead atoms. The third-order valence-corrected chi connectivity index (χ3v) is 9.93. The summed E-state index contributed by atoms with van der Waals surface area (Å²) in [6, 6.07) is 20.8. The van der Waals surface area contributed by atoms with Crippen LogP contribution in [0.2, 0.25) is 0 Å². The van der Waals surface area contributed by atoms with Crippen LogP contribution in [0.5, 0.6) is 5.75 Å². The number of likely N-dealkylation sites (N-methyl/N-ethyl adjacent to an activating group) is 1. The number of rotatable bonds is 10. The van der Waals surface area contributed by atoms with Crippen LogP contribution in [0.3, 0.4) is 0 Å². The summed E-state index contributed by atoms with van der Waals surface area (Å²) in [5, 5.41) is 13.8. The fraction of sp³-hybridized carbons (Fsp3) is 0.474. The van der Waals surface area contributed by atoms with Gasteiger partial charge in [-0.3, -0.25) is 0 Å². The number of aromatic nitrogens is 4. The first-order valence-corrected chi connectivity index (χ1v) is 17.3. The maximum Gasteiger partial charge on any atom is 0.138 e. The van der Waals surface area contributed by atoms with Crippen LogP contribution in [0.1, 0.15) is 53.4 Å². The van der Waals surface area contributed by atoms with E-state index in [1.807, 2.05) is 58.0 Å². The Bertz CT molecular complexity index is 1840. The molecule has 2 aliphatic rings. The molecule has 7 rings (SSSR count). The molecule has 253 valence electrons. The SMILES string of the molecule is CN1CCN(c2ccc3nc(-c4ccc5nc(-c6ccc(OCCCCOC7CC(C)(C)N([O])C(C)(C)C7)cc6)[nH]c5c4)[nH]c3c2)CC1. The minimum Gasteiger partial charge on any atom is -0.494 e. The Morgan fingerprint density at radius 3 is 2.02 bits per heavy atom. The molecule has 4 heterocycles. The number of imidazole rings is 2. The monoisotopic (exact) mass is 650 g/mol. The Kier molecular flexibility index (Phi) is 8.93. The number of hydrogen-bond donors (Lipinski definition) is 2. The summed E-state index contributed by atoms with van der Waals surface area (Å²) in [5.41, 5.74) is 6.35. The number of benzene rings is 3. The van der Waals surface area contributed by atoms with Crippen LogP contribution in [0.4, 0.5) is 5.69 Å². The van der Waals surface area contributed by atoms with E-state index in [0.717, 1.165) is 102 Å².